The van der Waals surface area contributed by atoms with Gasteiger partial charge in [-0.25, -0.2) is 4.98 Å². The number of methoxy groups -OCH3 is 1. The Morgan fingerprint density at radius 1 is 1.38 bits per heavy atom. The molecule has 1 aliphatic rings. The third-order valence-corrected chi connectivity index (χ3v) is 5.40. The first kappa shape index (κ1) is 20.5. The Balaban J connectivity index is 0.00000243. The van der Waals surface area contributed by atoms with Crippen molar-refractivity contribution in [2.45, 2.75) is 26.7 Å². The van der Waals surface area contributed by atoms with Gasteiger partial charge in [-0.3, -0.25) is 14.9 Å². The van der Waals surface area contributed by atoms with Crippen molar-refractivity contribution >= 4 is 57.9 Å². The van der Waals surface area contributed by atoms with E-state index in [2.05, 4.69) is 10.3 Å². The fourth-order valence-corrected chi connectivity index (χ4v) is 3.93. The number of thiazole rings is 1. The van der Waals surface area contributed by atoms with Crippen LogP contribution in [-0.2, 0) is 6.42 Å². The molecule has 1 heterocycles. The number of ketones is 1. The standard InChI is InChI=1S/C17H18ClN3O3S.ClH/c1-17(2)6-11-14(12(22)7-17)25-16(20-11)21-15(23)8-4-9(18)10(19)5-13(8)24-3;/h4-5H,6-7,19H2,1-3H3,(H,20,21,23);1H. The lowest BCUT2D eigenvalue weighted by atomic mass is 9.78. The maximum absolute atomic E-state index is 12.6. The van der Waals surface area contributed by atoms with Crippen molar-refractivity contribution < 1.29 is 14.3 Å². The van der Waals surface area contributed by atoms with Gasteiger partial charge in [0.15, 0.2) is 10.9 Å². The topological polar surface area (TPSA) is 94.3 Å². The number of amides is 1. The molecule has 26 heavy (non-hydrogen) atoms. The average molecular weight is 416 g/mol. The highest BCUT2D eigenvalue weighted by molar-refractivity contribution is 7.17. The number of rotatable bonds is 3. The number of carbonyl (C=O) groups is 2. The van der Waals surface area contributed by atoms with Crippen LogP contribution < -0.4 is 15.8 Å². The van der Waals surface area contributed by atoms with E-state index in [0.717, 1.165) is 5.69 Å². The molecule has 2 aromatic rings. The van der Waals surface area contributed by atoms with E-state index in [-0.39, 0.29) is 34.2 Å². The van der Waals surface area contributed by atoms with Crippen LogP contribution in [0.4, 0.5) is 10.8 Å². The number of aromatic nitrogens is 1. The second kappa shape index (κ2) is 7.42. The fourth-order valence-electron chi connectivity index (χ4n) is 2.85. The Labute approximate surface area is 166 Å². The van der Waals surface area contributed by atoms with E-state index >= 15 is 0 Å². The SMILES string of the molecule is COc1cc(N)c(Cl)cc1C(=O)Nc1nc2c(s1)C(=O)CC(C)(C)C2.Cl. The van der Waals surface area contributed by atoms with Gasteiger partial charge in [0.05, 0.1) is 34.0 Å². The van der Waals surface area contributed by atoms with Gasteiger partial charge in [0.25, 0.3) is 5.91 Å². The van der Waals surface area contributed by atoms with Crippen LogP contribution in [0.3, 0.4) is 0 Å². The highest BCUT2D eigenvalue weighted by atomic mass is 35.5. The molecule has 9 heteroatoms. The van der Waals surface area contributed by atoms with E-state index in [1.807, 2.05) is 13.8 Å². The first-order valence-electron chi connectivity index (χ1n) is 7.67. The number of hydrogen-bond donors (Lipinski definition) is 2. The maximum Gasteiger partial charge on any atom is 0.261 e. The third kappa shape index (κ3) is 3.95. The zero-order chi connectivity index (χ0) is 18.4. The Morgan fingerprint density at radius 2 is 2.08 bits per heavy atom. The number of nitrogens with two attached hydrogens (primary N) is 1. The van der Waals surface area contributed by atoms with Crippen molar-refractivity contribution in [1.29, 1.82) is 0 Å². The monoisotopic (exact) mass is 415 g/mol. The van der Waals surface area contributed by atoms with Gasteiger partial charge >= 0.3 is 0 Å². The van der Waals surface area contributed by atoms with Crippen molar-refractivity contribution in [2.24, 2.45) is 5.41 Å². The van der Waals surface area contributed by atoms with Gasteiger partial charge in [-0.15, -0.1) is 12.4 Å². The van der Waals surface area contributed by atoms with Crippen LogP contribution in [-0.4, -0.2) is 23.8 Å². The van der Waals surface area contributed by atoms with Crippen molar-refractivity contribution in [1.82, 2.24) is 4.98 Å². The van der Waals surface area contributed by atoms with Gasteiger partial charge in [-0.2, -0.15) is 0 Å². The summed E-state index contributed by atoms with van der Waals surface area (Å²) >= 11 is 7.20. The smallest absolute Gasteiger partial charge is 0.261 e. The van der Waals surface area contributed by atoms with Crippen LogP contribution in [0.1, 0.15) is 46.0 Å². The highest BCUT2D eigenvalue weighted by Gasteiger charge is 2.34. The van der Waals surface area contributed by atoms with E-state index in [0.29, 0.717) is 34.3 Å². The molecular formula is C17H19Cl2N3O3S. The summed E-state index contributed by atoms with van der Waals surface area (Å²) in [5.41, 5.74) is 6.93. The molecule has 0 saturated carbocycles. The second-order valence-corrected chi connectivity index (χ2v) is 8.17. The molecule has 0 bridgehead atoms. The van der Waals surface area contributed by atoms with Crippen molar-refractivity contribution in [2.75, 3.05) is 18.2 Å². The Morgan fingerprint density at radius 3 is 2.73 bits per heavy atom. The number of nitrogen functional groups attached to an aromatic ring is 1. The van der Waals surface area contributed by atoms with E-state index < -0.39 is 5.91 Å². The van der Waals surface area contributed by atoms with E-state index in [1.54, 1.807) is 0 Å². The first-order valence-corrected chi connectivity index (χ1v) is 8.87. The van der Waals surface area contributed by atoms with Gasteiger partial charge in [0, 0.05) is 12.5 Å². The van der Waals surface area contributed by atoms with Gasteiger partial charge in [0.2, 0.25) is 0 Å². The second-order valence-electron chi connectivity index (χ2n) is 6.76. The summed E-state index contributed by atoms with van der Waals surface area (Å²) in [6.45, 7) is 4.07. The first-order chi connectivity index (χ1) is 11.7. The lowest BCUT2D eigenvalue weighted by Gasteiger charge is -2.26. The van der Waals surface area contributed by atoms with Gasteiger partial charge in [0.1, 0.15) is 5.75 Å². The van der Waals surface area contributed by atoms with Crippen LogP contribution in [0.25, 0.3) is 0 Å². The predicted molar refractivity (Wildman–Crippen MR) is 106 cm³/mol. The summed E-state index contributed by atoms with van der Waals surface area (Å²) in [5.74, 6) is -0.0353. The summed E-state index contributed by atoms with van der Waals surface area (Å²) in [7, 11) is 1.45. The molecule has 0 spiro atoms. The van der Waals surface area contributed by atoms with Gasteiger partial charge < -0.3 is 10.5 Å². The number of Topliss-reactive ketones (excluding diaryl/α,β-unsaturated/α-hetero) is 1. The number of anilines is 2. The summed E-state index contributed by atoms with van der Waals surface area (Å²) in [4.78, 5) is 29.9. The van der Waals surface area contributed by atoms with Gasteiger partial charge in [-0.05, 0) is 17.9 Å². The fraction of sp³-hybridized carbons (Fsp3) is 0.353. The van der Waals surface area contributed by atoms with Crippen LogP contribution >= 0.6 is 35.3 Å². The summed E-state index contributed by atoms with van der Waals surface area (Å²) in [6, 6.07) is 2.95. The molecule has 1 aromatic carbocycles. The molecule has 0 aliphatic heterocycles. The minimum atomic E-state index is -0.420. The average Bonchev–Trinajstić information content (AvgIpc) is 2.90. The molecule has 0 atom stereocenters. The molecule has 1 aromatic heterocycles. The molecule has 3 N–H and O–H groups in total. The summed E-state index contributed by atoms with van der Waals surface area (Å²) < 4.78 is 5.20. The van der Waals surface area contributed by atoms with Crippen LogP contribution in [0.5, 0.6) is 5.75 Å². The predicted octanol–water partition coefficient (Wildman–Crippen LogP) is 4.22. The molecule has 0 fully saturated rings. The number of nitrogens with zero attached hydrogens (tertiary/aromatic N) is 1. The summed E-state index contributed by atoms with van der Waals surface area (Å²) in [6.07, 6.45) is 1.19. The Kier molecular flexibility index (Phi) is 5.85. The molecule has 1 aliphatic carbocycles. The minimum absolute atomic E-state index is 0. The zero-order valence-corrected chi connectivity index (χ0v) is 16.9. The number of carbonyl (C=O) groups excluding carboxylic acids is 2. The van der Waals surface area contributed by atoms with E-state index in [9.17, 15) is 9.59 Å². The number of hydrogen-bond acceptors (Lipinski definition) is 6. The lowest BCUT2D eigenvalue weighted by Crippen LogP contribution is -2.26. The Hall–Kier alpha value is -1.83. The third-order valence-electron chi connectivity index (χ3n) is 4.02. The molecule has 3 rings (SSSR count). The maximum atomic E-state index is 12.6. The number of ether oxygens (including phenoxy) is 1. The summed E-state index contributed by atoms with van der Waals surface area (Å²) in [5, 5.41) is 3.37. The van der Waals surface area contributed by atoms with Crippen molar-refractivity contribution in [3.63, 3.8) is 0 Å². The number of benzene rings is 1. The quantitative estimate of drug-likeness (QED) is 0.731. The van der Waals surface area contributed by atoms with Gasteiger partial charge in [-0.1, -0.05) is 36.8 Å². The number of halogens is 2. The highest BCUT2D eigenvalue weighted by Crippen LogP contribution is 2.38. The minimum Gasteiger partial charge on any atom is -0.496 e. The number of nitrogens with one attached hydrogen (secondary N) is 1. The number of fused-ring (bicyclic) bond motifs is 1. The largest absolute Gasteiger partial charge is 0.496 e. The van der Waals surface area contributed by atoms with Crippen LogP contribution in [0, 0.1) is 5.41 Å². The normalized spacial score (nSPS) is 15.0. The van der Waals surface area contributed by atoms with Crippen LogP contribution in [0.15, 0.2) is 12.1 Å². The van der Waals surface area contributed by atoms with E-state index in [4.69, 9.17) is 22.1 Å². The Bertz CT molecular complexity index is 880. The molecular weight excluding hydrogens is 397 g/mol. The molecule has 0 unspecified atom stereocenters. The molecule has 140 valence electrons. The zero-order valence-electron chi connectivity index (χ0n) is 14.5. The van der Waals surface area contributed by atoms with E-state index in [1.165, 1.54) is 30.6 Å². The molecule has 1 amide bonds. The van der Waals surface area contributed by atoms with Crippen molar-refractivity contribution in [3.8, 4) is 5.75 Å². The molecule has 0 radical (unpaired) electrons. The molecule has 0 saturated heterocycles. The lowest BCUT2D eigenvalue weighted by molar-refractivity contribution is 0.0915. The molecule has 6 nitrogen and oxygen atoms in total. The van der Waals surface area contributed by atoms with Crippen LogP contribution in [0.2, 0.25) is 5.02 Å². The van der Waals surface area contributed by atoms with Crippen molar-refractivity contribution in [3.05, 3.63) is 33.3 Å².